The lowest BCUT2D eigenvalue weighted by atomic mass is 10.1. The molecular formula is C18H20N4O3S. The Morgan fingerprint density at radius 3 is 2.85 bits per heavy atom. The molecule has 8 heteroatoms. The van der Waals surface area contributed by atoms with Crippen LogP contribution in [0.3, 0.4) is 0 Å². The zero-order valence-electron chi connectivity index (χ0n) is 14.8. The zero-order chi connectivity index (χ0) is 18.5. The first-order valence-corrected chi connectivity index (χ1v) is 9.04. The van der Waals surface area contributed by atoms with Gasteiger partial charge in [0, 0.05) is 11.8 Å². The van der Waals surface area contributed by atoms with E-state index >= 15 is 0 Å². The molecule has 7 nitrogen and oxygen atoms in total. The molecule has 3 aromatic rings. The van der Waals surface area contributed by atoms with E-state index in [1.165, 1.54) is 11.8 Å². The van der Waals surface area contributed by atoms with Crippen molar-refractivity contribution < 1.29 is 14.3 Å². The highest BCUT2D eigenvalue weighted by Crippen LogP contribution is 2.29. The van der Waals surface area contributed by atoms with Gasteiger partial charge >= 0.3 is 0 Å². The Bertz CT molecular complexity index is 912. The van der Waals surface area contributed by atoms with Crippen LogP contribution in [-0.4, -0.2) is 40.5 Å². The van der Waals surface area contributed by atoms with E-state index in [0.29, 0.717) is 16.7 Å². The van der Waals surface area contributed by atoms with Crippen LogP contribution in [0.1, 0.15) is 18.5 Å². The molecule has 3 rings (SSSR count). The van der Waals surface area contributed by atoms with E-state index in [0.717, 1.165) is 11.2 Å². The number of carbonyl (C=O) groups is 1. The number of nitrogens with one attached hydrogen (secondary N) is 1. The Morgan fingerprint density at radius 1 is 1.23 bits per heavy atom. The lowest BCUT2D eigenvalue weighted by Crippen LogP contribution is -2.28. The predicted octanol–water partition coefficient (Wildman–Crippen LogP) is 2.72. The number of hydrogen-bond acceptors (Lipinski definition) is 6. The molecule has 0 bridgehead atoms. The first-order valence-electron chi connectivity index (χ1n) is 8.06. The maximum Gasteiger partial charge on any atom is 0.230 e. The van der Waals surface area contributed by atoms with Crippen LogP contribution in [0.25, 0.3) is 5.65 Å². The average molecular weight is 372 g/mol. The van der Waals surface area contributed by atoms with Crippen LogP contribution in [0.15, 0.2) is 47.8 Å². The summed E-state index contributed by atoms with van der Waals surface area (Å²) in [7, 11) is 3.21. The lowest BCUT2D eigenvalue weighted by molar-refractivity contribution is -0.119. The van der Waals surface area contributed by atoms with Gasteiger partial charge in [-0.15, -0.1) is 10.2 Å². The van der Waals surface area contributed by atoms with Gasteiger partial charge < -0.3 is 14.8 Å². The van der Waals surface area contributed by atoms with Crippen LogP contribution in [0.4, 0.5) is 0 Å². The van der Waals surface area contributed by atoms with Crippen molar-refractivity contribution in [3.63, 3.8) is 0 Å². The van der Waals surface area contributed by atoms with E-state index in [1.807, 2.05) is 53.9 Å². The molecule has 1 unspecified atom stereocenters. The van der Waals surface area contributed by atoms with Crippen LogP contribution in [0.5, 0.6) is 11.5 Å². The summed E-state index contributed by atoms with van der Waals surface area (Å²) in [6.45, 7) is 1.91. The number of methoxy groups -OCH3 is 2. The van der Waals surface area contributed by atoms with Crippen molar-refractivity contribution in [2.24, 2.45) is 0 Å². The predicted molar refractivity (Wildman–Crippen MR) is 99.8 cm³/mol. The molecule has 0 aliphatic rings. The smallest absolute Gasteiger partial charge is 0.230 e. The standard InChI is InChI=1S/C18H20N4O3S/c1-12(14-10-13(24-2)7-8-15(14)25-3)19-17(23)11-26-18-21-20-16-6-4-5-9-22(16)18/h4-10,12H,11H2,1-3H3,(H,19,23). The number of rotatable bonds is 7. The second-order valence-corrected chi connectivity index (χ2v) is 6.54. The van der Waals surface area contributed by atoms with Crippen molar-refractivity contribution in [1.29, 1.82) is 0 Å². The number of carbonyl (C=O) groups excluding carboxylic acids is 1. The molecule has 0 aliphatic carbocycles. The average Bonchev–Trinajstić information content (AvgIpc) is 3.09. The monoisotopic (exact) mass is 372 g/mol. The normalized spacial score (nSPS) is 12.0. The van der Waals surface area contributed by atoms with Gasteiger partial charge in [0.2, 0.25) is 5.91 Å². The zero-order valence-corrected chi connectivity index (χ0v) is 15.6. The molecule has 136 valence electrons. The van der Waals surface area contributed by atoms with E-state index in [4.69, 9.17) is 9.47 Å². The largest absolute Gasteiger partial charge is 0.497 e. The third-order valence-corrected chi connectivity index (χ3v) is 4.84. The van der Waals surface area contributed by atoms with E-state index in [-0.39, 0.29) is 17.7 Å². The number of thioether (sulfide) groups is 1. The first kappa shape index (κ1) is 18.1. The van der Waals surface area contributed by atoms with Gasteiger partial charge in [-0.25, -0.2) is 0 Å². The molecule has 1 atom stereocenters. The van der Waals surface area contributed by atoms with Crippen LogP contribution in [0, 0.1) is 0 Å². The minimum atomic E-state index is -0.219. The lowest BCUT2D eigenvalue weighted by Gasteiger charge is -2.18. The van der Waals surface area contributed by atoms with Crippen LogP contribution in [-0.2, 0) is 4.79 Å². The highest BCUT2D eigenvalue weighted by molar-refractivity contribution is 7.99. The minimum Gasteiger partial charge on any atom is -0.497 e. The Labute approximate surface area is 155 Å². The van der Waals surface area contributed by atoms with Crippen LogP contribution < -0.4 is 14.8 Å². The number of amides is 1. The van der Waals surface area contributed by atoms with Gasteiger partial charge in [0.1, 0.15) is 11.5 Å². The molecule has 1 N–H and O–H groups in total. The first-order chi connectivity index (χ1) is 12.6. The van der Waals surface area contributed by atoms with Crippen molar-refractivity contribution in [2.45, 2.75) is 18.1 Å². The van der Waals surface area contributed by atoms with Crippen LogP contribution >= 0.6 is 11.8 Å². The Morgan fingerprint density at radius 2 is 2.08 bits per heavy atom. The molecule has 1 amide bonds. The third kappa shape index (κ3) is 3.91. The molecule has 0 saturated heterocycles. The van der Waals surface area contributed by atoms with Crippen molar-refractivity contribution in [1.82, 2.24) is 19.9 Å². The third-order valence-electron chi connectivity index (χ3n) is 3.90. The van der Waals surface area contributed by atoms with E-state index in [2.05, 4.69) is 15.5 Å². The molecule has 1 aromatic carbocycles. The molecular weight excluding hydrogens is 352 g/mol. The topological polar surface area (TPSA) is 77.8 Å². The molecule has 0 radical (unpaired) electrons. The minimum absolute atomic E-state index is 0.0972. The number of fused-ring (bicyclic) bond motifs is 1. The number of ether oxygens (including phenoxy) is 2. The van der Waals surface area contributed by atoms with Crippen molar-refractivity contribution >= 4 is 23.3 Å². The molecule has 26 heavy (non-hydrogen) atoms. The second kappa shape index (κ2) is 8.09. The van der Waals surface area contributed by atoms with E-state index in [1.54, 1.807) is 14.2 Å². The van der Waals surface area contributed by atoms with Gasteiger partial charge in [0.05, 0.1) is 26.0 Å². The summed E-state index contributed by atoms with van der Waals surface area (Å²) in [6, 6.07) is 11.0. The summed E-state index contributed by atoms with van der Waals surface area (Å²) in [4.78, 5) is 12.4. The number of benzene rings is 1. The number of aromatic nitrogens is 3. The summed E-state index contributed by atoms with van der Waals surface area (Å²) >= 11 is 1.34. The van der Waals surface area contributed by atoms with Gasteiger partial charge in [0.15, 0.2) is 10.8 Å². The van der Waals surface area contributed by atoms with Gasteiger partial charge in [-0.3, -0.25) is 9.20 Å². The summed E-state index contributed by atoms with van der Waals surface area (Å²) in [6.07, 6.45) is 1.87. The Hall–Kier alpha value is -2.74. The molecule has 0 saturated carbocycles. The summed E-state index contributed by atoms with van der Waals surface area (Å²) < 4.78 is 12.5. The maximum absolute atomic E-state index is 12.4. The van der Waals surface area contributed by atoms with E-state index < -0.39 is 0 Å². The summed E-state index contributed by atoms with van der Waals surface area (Å²) in [5.41, 5.74) is 1.61. The van der Waals surface area contributed by atoms with Crippen molar-refractivity contribution in [3.05, 3.63) is 48.2 Å². The quantitative estimate of drug-likeness (QED) is 0.643. The second-order valence-electron chi connectivity index (χ2n) is 5.60. The fraction of sp³-hybridized carbons (Fsp3) is 0.278. The number of nitrogens with zero attached hydrogens (tertiary/aromatic N) is 3. The molecule has 0 aliphatic heterocycles. The fourth-order valence-corrected chi connectivity index (χ4v) is 3.32. The molecule has 2 aromatic heterocycles. The van der Waals surface area contributed by atoms with Crippen LogP contribution in [0.2, 0.25) is 0 Å². The Kier molecular flexibility index (Phi) is 5.62. The van der Waals surface area contributed by atoms with Gasteiger partial charge in [-0.2, -0.15) is 0 Å². The Balaban J connectivity index is 1.64. The number of hydrogen-bond donors (Lipinski definition) is 1. The highest BCUT2D eigenvalue weighted by Gasteiger charge is 2.16. The molecule has 0 fully saturated rings. The molecule has 0 spiro atoms. The SMILES string of the molecule is COc1ccc(OC)c(C(C)NC(=O)CSc2nnc3ccccn23)c1. The maximum atomic E-state index is 12.4. The summed E-state index contributed by atoms with van der Waals surface area (Å²) in [5, 5.41) is 11.9. The van der Waals surface area contributed by atoms with Crippen molar-refractivity contribution in [2.75, 3.05) is 20.0 Å². The number of pyridine rings is 1. The van der Waals surface area contributed by atoms with Gasteiger partial charge in [0.25, 0.3) is 0 Å². The molecule has 2 heterocycles. The van der Waals surface area contributed by atoms with Crippen molar-refractivity contribution in [3.8, 4) is 11.5 Å². The van der Waals surface area contributed by atoms with E-state index in [9.17, 15) is 4.79 Å². The summed E-state index contributed by atoms with van der Waals surface area (Å²) in [5.74, 6) is 1.56. The highest BCUT2D eigenvalue weighted by atomic mass is 32.2. The van der Waals surface area contributed by atoms with Gasteiger partial charge in [-0.05, 0) is 37.3 Å². The van der Waals surface area contributed by atoms with Gasteiger partial charge in [-0.1, -0.05) is 17.8 Å². The fourth-order valence-electron chi connectivity index (χ4n) is 2.59.